The SMILES string of the molecule is CCN(CC)c1ccc(/C=C2\Oc3c(ccc4c3CN(Cc3cccnc3)CO4)C2=O)cc1. The van der Waals surface area contributed by atoms with Crippen LogP contribution in [0.1, 0.15) is 40.9 Å². The molecular weight excluding hydrogens is 414 g/mol. The van der Waals surface area contributed by atoms with E-state index in [-0.39, 0.29) is 5.78 Å². The van der Waals surface area contributed by atoms with E-state index in [1.165, 1.54) is 5.69 Å². The van der Waals surface area contributed by atoms with Crippen molar-refractivity contribution in [2.75, 3.05) is 24.7 Å². The zero-order valence-electron chi connectivity index (χ0n) is 19.0. The normalized spacial score (nSPS) is 16.2. The van der Waals surface area contributed by atoms with Gasteiger partial charge in [-0.3, -0.25) is 14.7 Å². The fraction of sp³-hybridized carbons (Fsp3) is 0.259. The highest BCUT2D eigenvalue weighted by Crippen LogP contribution is 2.42. The number of ketones is 1. The third-order valence-corrected chi connectivity index (χ3v) is 6.13. The van der Waals surface area contributed by atoms with Gasteiger partial charge < -0.3 is 14.4 Å². The number of nitrogens with zero attached hydrogens (tertiary/aromatic N) is 3. The molecule has 6 nitrogen and oxygen atoms in total. The lowest BCUT2D eigenvalue weighted by molar-refractivity contribution is 0.0872. The van der Waals surface area contributed by atoms with Gasteiger partial charge in [0.2, 0.25) is 5.78 Å². The Bertz CT molecular complexity index is 1190. The van der Waals surface area contributed by atoms with Crippen molar-refractivity contribution in [1.82, 2.24) is 9.88 Å². The molecule has 0 atom stereocenters. The number of rotatable bonds is 6. The standard InChI is InChI=1S/C27H27N3O3/c1-3-30(4-2)21-9-7-19(8-10-21)14-25-26(31)22-11-12-24-23(27(22)33-25)17-29(18-32-24)16-20-6-5-13-28-15-20/h5-15H,3-4,16-18H2,1-2H3/b25-14-. The lowest BCUT2D eigenvalue weighted by Crippen LogP contribution is -2.31. The van der Waals surface area contributed by atoms with Gasteiger partial charge in [0, 0.05) is 44.3 Å². The molecule has 0 spiro atoms. The van der Waals surface area contributed by atoms with Gasteiger partial charge in [0.25, 0.3) is 0 Å². The summed E-state index contributed by atoms with van der Waals surface area (Å²) in [5, 5.41) is 0. The van der Waals surface area contributed by atoms with Crippen molar-refractivity contribution in [3.8, 4) is 11.5 Å². The first kappa shape index (κ1) is 21.2. The number of fused-ring (bicyclic) bond motifs is 3. The predicted octanol–water partition coefficient (Wildman–Crippen LogP) is 4.90. The second-order valence-corrected chi connectivity index (χ2v) is 8.24. The van der Waals surface area contributed by atoms with Crippen molar-refractivity contribution in [2.45, 2.75) is 26.9 Å². The summed E-state index contributed by atoms with van der Waals surface area (Å²) in [5.41, 5.74) is 4.72. The van der Waals surface area contributed by atoms with Gasteiger partial charge in [-0.25, -0.2) is 0 Å². The van der Waals surface area contributed by atoms with Gasteiger partial charge in [-0.2, -0.15) is 0 Å². The molecule has 3 heterocycles. The summed E-state index contributed by atoms with van der Waals surface area (Å²) in [7, 11) is 0. The molecule has 0 amide bonds. The minimum absolute atomic E-state index is 0.0926. The van der Waals surface area contributed by atoms with E-state index in [2.05, 4.69) is 40.8 Å². The van der Waals surface area contributed by atoms with Gasteiger partial charge in [-0.15, -0.1) is 0 Å². The van der Waals surface area contributed by atoms with E-state index in [1.807, 2.05) is 42.6 Å². The van der Waals surface area contributed by atoms with Crippen LogP contribution in [0.4, 0.5) is 5.69 Å². The van der Waals surface area contributed by atoms with Crippen LogP contribution in [0.5, 0.6) is 11.5 Å². The van der Waals surface area contributed by atoms with Gasteiger partial charge in [-0.1, -0.05) is 18.2 Å². The molecule has 0 radical (unpaired) electrons. The van der Waals surface area contributed by atoms with Crippen molar-refractivity contribution in [2.24, 2.45) is 0 Å². The third-order valence-electron chi connectivity index (χ3n) is 6.13. The summed E-state index contributed by atoms with van der Waals surface area (Å²) in [6, 6.07) is 15.9. The molecule has 0 aliphatic carbocycles. The highest BCUT2D eigenvalue weighted by atomic mass is 16.5. The number of hydrogen-bond donors (Lipinski definition) is 0. The zero-order chi connectivity index (χ0) is 22.8. The predicted molar refractivity (Wildman–Crippen MR) is 128 cm³/mol. The van der Waals surface area contributed by atoms with Gasteiger partial charge in [-0.05, 0) is 61.4 Å². The Labute approximate surface area is 194 Å². The second kappa shape index (κ2) is 9.08. The maximum atomic E-state index is 13.1. The maximum absolute atomic E-state index is 13.1. The molecule has 0 N–H and O–H groups in total. The van der Waals surface area contributed by atoms with Gasteiger partial charge >= 0.3 is 0 Å². The molecule has 0 saturated carbocycles. The number of hydrogen-bond acceptors (Lipinski definition) is 6. The van der Waals surface area contributed by atoms with Gasteiger partial charge in [0.1, 0.15) is 18.2 Å². The number of carbonyl (C=O) groups is 1. The van der Waals surface area contributed by atoms with E-state index < -0.39 is 0 Å². The largest absolute Gasteiger partial charge is 0.478 e. The van der Waals surface area contributed by atoms with E-state index in [0.717, 1.165) is 35.5 Å². The molecule has 0 unspecified atom stereocenters. The van der Waals surface area contributed by atoms with E-state index in [9.17, 15) is 4.79 Å². The third kappa shape index (κ3) is 4.22. The minimum atomic E-state index is -0.0926. The van der Waals surface area contributed by atoms with Gasteiger partial charge in [0.05, 0.1) is 11.1 Å². The molecule has 2 aliphatic heterocycles. The number of benzene rings is 2. The van der Waals surface area contributed by atoms with Crippen LogP contribution < -0.4 is 14.4 Å². The van der Waals surface area contributed by atoms with Crippen molar-refractivity contribution in [3.05, 3.63) is 88.9 Å². The number of aromatic nitrogens is 1. The van der Waals surface area contributed by atoms with E-state index in [1.54, 1.807) is 12.3 Å². The summed E-state index contributed by atoms with van der Waals surface area (Å²) < 4.78 is 12.1. The number of pyridine rings is 1. The number of Topliss-reactive ketones (excluding diaryl/α,β-unsaturated/α-hetero) is 1. The summed E-state index contributed by atoms with van der Waals surface area (Å²) in [5.74, 6) is 1.64. The van der Waals surface area contributed by atoms with Crippen molar-refractivity contribution in [3.63, 3.8) is 0 Å². The molecule has 2 aliphatic rings. The van der Waals surface area contributed by atoms with Crippen LogP contribution in [-0.2, 0) is 13.1 Å². The van der Waals surface area contributed by atoms with E-state index >= 15 is 0 Å². The molecule has 0 bridgehead atoms. The summed E-state index contributed by atoms with van der Waals surface area (Å²) in [6.45, 7) is 8.04. The summed E-state index contributed by atoms with van der Waals surface area (Å²) in [6.07, 6.45) is 5.44. The fourth-order valence-corrected chi connectivity index (χ4v) is 4.38. The average Bonchev–Trinajstić information content (AvgIpc) is 3.17. The first-order chi connectivity index (χ1) is 16.2. The number of carbonyl (C=O) groups excluding carboxylic acids is 1. The van der Waals surface area contributed by atoms with Crippen molar-refractivity contribution >= 4 is 17.5 Å². The molecule has 2 aromatic carbocycles. The van der Waals surface area contributed by atoms with E-state index in [0.29, 0.717) is 36.9 Å². The van der Waals surface area contributed by atoms with Crippen LogP contribution in [0.3, 0.4) is 0 Å². The summed E-state index contributed by atoms with van der Waals surface area (Å²) in [4.78, 5) is 21.7. The number of ether oxygens (including phenoxy) is 2. The van der Waals surface area contributed by atoms with Crippen LogP contribution in [0, 0.1) is 0 Å². The molecule has 1 aromatic heterocycles. The molecule has 0 fully saturated rings. The Balaban J connectivity index is 1.37. The molecule has 0 saturated heterocycles. The van der Waals surface area contributed by atoms with Crippen LogP contribution in [0.15, 0.2) is 66.7 Å². The van der Waals surface area contributed by atoms with Crippen LogP contribution in [-0.4, -0.2) is 35.5 Å². The van der Waals surface area contributed by atoms with Gasteiger partial charge in [0.15, 0.2) is 5.76 Å². The highest BCUT2D eigenvalue weighted by Gasteiger charge is 2.33. The van der Waals surface area contributed by atoms with Crippen molar-refractivity contribution in [1.29, 1.82) is 0 Å². The molecule has 33 heavy (non-hydrogen) atoms. The molecule has 6 heteroatoms. The minimum Gasteiger partial charge on any atom is -0.478 e. The van der Waals surface area contributed by atoms with Crippen LogP contribution in [0.25, 0.3) is 6.08 Å². The highest BCUT2D eigenvalue weighted by molar-refractivity contribution is 6.15. The molecule has 168 valence electrons. The Morgan fingerprint density at radius 3 is 2.64 bits per heavy atom. The smallest absolute Gasteiger partial charge is 0.231 e. The Kier molecular flexibility index (Phi) is 5.84. The first-order valence-electron chi connectivity index (χ1n) is 11.4. The molecule has 3 aromatic rings. The lowest BCUT2D eigenvalue weighted by atomic mass is 10.0. The number of allylic oxidation sites excluding steroid dienone is 1. The first-order valence-corrected chi connectivity index (χ1v) is 11.4. The Morgan fingerprint density at radius 1 is 1.09 bits per heavy atom. The monoisotopic (exact) mass is 441 g/mol. The Morgan fingerprint density at radius 2 is 1.91 bits per heavy atom. The van der Waals surface area contributed by atoms with Crippen molar-refractivity contribution < 1.29 is 14.3 Å². The van der Waals surface area contributed by atoms with Crippen LogP contribution >= 0.6 is 0 Å². The van der Waals surface area contributed by atoms with E-state index in [4.69, 9.17) is 9.47 Å². The second-order valence-electron chi connectivity index (χ2n) is 8.24. The Hall–Kier alpha value is -3.64. The quantitative estimate of drug-likeness (QED) is 0.508. The summed E-state index contributed by atoms with van der Waals surface area (Å²) >= 11 is 0. The average molecular weight is 442 g/mol. The zero-order valence-corrected chi connectivity index (χ0v) is 19.0. The maximum Gasteiger partial charge on any atom is 0.231 e. The number of anilines is 1. The topological polar surface area (TPSA) is 54.9 Å². The van der Waals surface area contributed by atoms with Crippen LogP contribution in [0.2, 0.25) is 0 Å². The molecule has 5 rings (SSSR count). The fourth-order valence-electron chi connectivity index (χ4n) is 4.38. The lowest BCUT2D eigenvalue weighted by Gasteiger charge is -2.29. The molecular formula is C27H27N3O3.